The molecular weight excluding hydrogens is 391 g/mol. The number of halogens is 1. The third kappa shape index (κ3) is 4.88. The van der Waals surface area contributed by atoms with Gasteiger partial charge in [0.2, 0.25) is 5.88 Å². The lowest BCUT2D eigenvalue weighted by atomic mass is 10.2. The van der Waals surface area contributed by atoms with Crippen molar-refractivity contribution in [1.29, 1.82) is 0 Å². The Hall–Kier alpha value is -4.01. The summed E-state index contributed by atoms with van der Waals surface area (Å²) in [4.78, 5) is 31.1. The van der Waals surface area contributed by atoms with Crippen LogP contribution in [-0.2, 0) is 4.79 Å². The highest BCUT2D eigenvalue weighted by Gasteiger charge is 2.16. The van der Waals surface area contributed by atoms with E-state index < -0.39 is 23.7 Å². The van der Waals surface area contributed by atoms with Gasteiger partial charge in [0.1, 0.15) is 11.4 Å². The average molecular weight is 410 g/mol. The van der Waals surface area contributed by atoms with E-state index in [0.717, 1.165) is 5.56 Å². The van der Waals surface area contributed by atoms with E-state index in [1.807, 2.05) is 6.92 Å². The Bertz CT molecular complexity index is 1100. The zero-order valence-electron chi connectivity index (χ0n) is 16.3. The Balaban J connectivity index is 1.89. The minimum atomic E-state index is -0.964. The molecule has 0 aliphatic heterocycles. The fraction of sp³-hybridized carbons (Fsp3) is 0.143. The van der Waals surface area contributed by atoms with Crippen LogP contribution < -0.4 is 20.9 Å². The van der Waals surface area contributed by atoms with Crippen LogP contribution in [0.2, 0.25) is 0 Å². The Kier molecular flexibility index (Phi) is 5.91. The number of nitrogens with two attached hydrogens (primary N) is 2. The second-order valence-corrected chi connectivity index (χ2v) is 6.50. The standard InChI is InChI=1S/C21H19FN4O4/c1-11-3-8-15(22)17(9-11)30-14-6-4-13(5-7-14)21-25-16(20(24)28)10-18(26-21)29-12(2)19(23)27/h3-10,12H,1-2H3,(H2,23,27)(H2,24,28). The number of hydrogen-bond donors (Lipinski definition) is 2. The van der Waals surface area contributed by atoms with Gasteiger partial charge >= 0.3 is 0 Å². The van der Waals surface area contributed by atoms with E-state index in [1.54, 1.807) is 36.4 Å². The first kappa shape index (κ1) is 20.7. The predicted octanol–water partition coefficient (Wildman–Crippen LogP) is 2.73. The number of carbonyl (C=O) groups is 2. The molecule has 2 amide bonds. The van der Waals surface area contributed by atoms with Gasteiger partial charge in [0, 0.05) is 11.6 Å². The molecule has 0 aliphatic carbocycles. The van der Waals surface area contributed by atoms with Crippen LogP contribution in [0.3, 0.4) is 0 Å². The molecule has 154 valence electrons. The lowest BCUT2D eigenvalue weighted by Crippen LogP contribution is -2.31. The van der Waals surface area contributed by atoms with E-state index in [-0.39, 0.29) is 23.1 Å². The molecule has 0 saturated heterocycles. The summed E-state index contributed by atoms with van der Waals surface area (Å²) in [5, 5.41) is 0. The van der Waals surface area contributed by atoms with E-state index in [9.17, 15) is 14.0 Å². The molecule has 0 saturated carbocycles. The van der Waals surface area contributed by atoms with Crippen molar-refractivity contribution in [3.05, 3.63) is 65.6 Å². The third-order valence-corrected chi connectivity index (χ3v) is 4.08. The van der Waals surface area contributed by atoms with Crippen LogP contribution in [0.15, 0.2) is 48.5 Å². The van der Waals surface area contributed by atoms with Gasteiger partial charge in [0.05, 0.1) is 0 Å². The van der Waals surface area contributed by atoms with Gasteiger partial charge in [-0.2, -0.15) is 4.98 Å². The van der Waals surface area contributed by atoms with Crippen LogP contribution in [0.5, 0.6) is 17.4 Å². The average Bonchev–Trinajstić information content (AvgIpc) is 2.71. The van der Waals surface area contributed by atoms with Crippen molar-refractivity contribution >= 4 is 11.8 Å². The van der Waals surface area contributed by atoms with Gasteiger partial charge in [-0.1, -0.05) is 6.07 Å². The SMILES string of the molecule is Cc1ccc(F)c(Oc2ccc(-c3nc(OC(C)C(N)=O)cc(C(N)=O)n3)cc2)c1. The predicted molar refractivity (Wildman–Crippen MR) is 106 cm³/mol. The number of nitrogens with zero attached hydrogens (tertiary/aromatic N) is 2. The van der Waals surface area contributed by atoms with E-state index in [1.165, 1.54) is 19.1 Å². The highest BCUT2D eigenvalue weighted by Crippen LogP contribution is 2.28. The molecule has 3 rings (SSSR count). The molecule has 0 bridgehead atoms. The molecule has 1 atom stereocenters. The van der Waals surface area contributed by atoms with E-state index in [4.69, 9.17) is 20.9 Å². The topological polar surface area (TPSA) is 130 Å². The molecule has 0 radical (unpaired) electrons. The second kappa shape index (κ2) is 8.56. The molecule has 1 unspecified atom stereocenters. The Morgan fingerprint density at radius 1 is 1.03 bits per heavy atom. The van der Waals surface area contributed by atoms with Gasteiger partial charge in [0.25, 0.3) is 11.8 Å². The van der Waals surface area contributed by atoms with E-state index >= 15 is 0 Å². The van der Waals surface area contributed by atoms with Crippen LogP contribution in [0.4, 0.5) is 4.39 Å². The van der Waals surface area contributed by atoms with Crippen LogP contribution in [0, 0.1) is 12.7 Å². The number of aromatic nitrogens is 2. The van der Waals surface area contributed by atoms with E-state index in [0.29, 0.717) is 11.3 Å². The Labute approximate surface area is 171 Å². The molecule has 3 aromatic rings. The van der Waals surface area contributed by atoms with Gasteiger partial charge in [-0.05, 0) is 55.8 Å². The van der Waals surface area contributed by atoms with Crippen molar-refractivity contribution in [3.63, 3.8) is 0 Å². The zero-order valence-corrected chi connectivity index (χ0v) is 16.3. The fourth-order valence-corrected chi connectivity index (χ4v) is 2.47. The maximum Gasteiger partial charge on any atom is 0.267 e. The summed E-state index contributed by atoms with van der Waals surface area (Å²) in [6, 6.07) is 12.3. The normalized spacial score (nSPS) is 11.6. The lowest BCUT2D eigenvalue weighted by molar-refractivity contribution is -0.124. The molecule has 1 heterocycles. The summed E-state index contributed by atoms with van der Waals surface area (Å²) in [6.45, 7) is 3.28. The summed E-state index contributed by atoms with van der Waals surface area (Å²) in [5.74, 6) is -1.34. The number of aryl methyl sites for hydroxylation is 1. The van der Waals surface area contributed by atoms with Gasteiger partial charge in [-0.25, -0.2) is 9.37 Å². The van der Waals surface area contributed by atoms with Crippen molar-refractivity contribution < 1.29 is 23.5 Å². The summed E-state index contributed by atoms with van der Waals surface area (Å²) in [7, 11) is 0. The number of carbonyl (C=O) groups excluding carboxylic acids is 2. The Morgan fingerprint density at radius 2 is 1.73 bits per heavy atom. The highest BCUT2D eigenvalue weighted by molar-refractivity contribution is 5.91. The maximum atomic E-state index is 13.9. The minimum absolute atomic E-state index is 0.0257. The summed E-state index contributed by atoms with van der Waals surface area (Å²) >= 11 is 0. The van der Waals surface area contributed by atoms with Gasteiger partial charge in [-0.3, -0.25) is 9.59 Å². The first-order chi connectivity index (χ1) is 14.2. The summed E-state index contributed by atoms with van der Waals surface area (Å²) in [5.41, 5.74) is 11.8. The first-order valence-corrected chi connectivity index (χ1v) is 8.92. The number of rotatable bonds is 7. The highest BCUT2D eigenvalue weighted by atomic mass is 19.1. The van der Waals surface area contributed by atoms with Gasteiger partial charge in [0.15, 0.2) is 23.5 Å². The first-order valence-electron chi connectivity index (χ1n) is 8.92. The maximum absolute atomic E-state index is 13.9. The smallest absolute Gasteiger partial charge is 0.267 e. The third-order valence-electron chi connectivity index (χ3n) is 4.08. The summed E-state index contributed by atoms with van der Waals surface area (Å²) in [6.07, 6.45) is -0.964. The number of amides is 2. The Morgan fingerprint density at radius 3 is 2.37 bits per heavy atom. The monoisotopic (exact) mass is 410 g/mol. The van der Waals surface area contributed by atoms with Crippen molar-refractivity contribution in [3.8, 4) is 28.8 Å². The molecule has 1 aromatic heterocycles. The number of primary amides is 2. The molecule has 0 fully saturated rings. The zero-order chi connectivity index (χ0) is 21.8. The molecule has 8 nitrogen and oxygen atoms in total. The van der Waals surface area contributed by atoms with Gasteiger partial charge < -0.3 is 20.9 Å². The minimum Gasteiger partial charge on any atom is -0.464 e. The number of hydrogen-bond acceptors (Lipinski definition) is 6. The molecular formula is C21H19FN4O4. The number of ether oxygens (including phenoxy) is 2. The van der Waals surface area contributed by atoms with Crippen molar-refractivity contribution in [2.75, 3.05) is 0 Å². The molecule has 0 aliphatic rings. The number of benzene rings is 2. The molecule has 2 aromatic carbocycles. The quantitative estimate of drug-likeness (QED) is 0.616. The van der Waals surface area contributed by atoms with Crippen LogP contribution in [-0.4, -0.2) is 27.9 Å². The van der Waals surface area contributed by atoms with Gasteiger partial charge in [-0.15, -0.1) is 0 Å². The molecule has 4 N–H and O–H groups in total. The largest absolute Gasteiger partial charge is 0.464 e. The fourth-order valence-electron chi connectivity index (χ4n) is 2.47. The van der Waals surface area contributed by atoms with Crippen LogP contribution >= 0.6 is 0 Å². The molecule has 0 spiro atoms. The molecule has 9 heteroatoms. The van der Waals surface area contributed by atoms with Crippen LogP contribution in [0.1, 0.15) is 23.0 Å². The van der Waals surface area contributed by atoms with Crippen molar-refractivity contribution in [1.82, 2.24) is 9.97 Å². The lowest BCUT2D eigenvalue weighted by Gasteiger charge is -2.12. The second-order valence-electron chi connectivity index (χ2n) is 6.50. The summed E-state index contributed by atoms with van der Waals surface area (Å²) < 4.78 is 24.8. The van der Waals surface area contributed by atoms with Crippen molar-refractivity contribution in [2.24, 2.45) is 11.5 Å². The van der Waals surface area contributed by atoms with Crippen molar-refractivity contribution in [2.45, 2.75) is 20.0 Å². The van der Waals surface area contributed by atoms with E-state index in [2.05, 4.69) is 9.97 Å². The molecule has 30 heavy (non-hydrogen) atoms. The van der Waals surface area contributed by atoms with Crippen LogP contribution in [0.25, 0.3) is 11.4 Å².